The summed E-state index contributed by atoms with van der Waals surface area (Å²) in [6.45, 7) is 2.17. The van der Waals surface area contributed by atoms with Gasteiger partial charge in [0.15, 0.2) is 0 Å². The fraction of sp³-hybridized carbons (Fsp3) is 0.500. The summed E-state index contributed by atoms with van der Waals surface area (Å²) < 4.78 is 5.61. The molecule has 4 nitrogen and oxygen atoms in total. The number of thiol groups is 1. The summed E-state index contributed by atoms with van der Waals surface area (Å²) in [5.74, 6) is 1.47. The average Bonchev–Trinajstić information content (AvgIpc) is 2.39. The van der Waals surface area contributed by atoms with Gasteiger partial charge in [-0.1, -0.05) is 0 Å². The van der Waals surface area contributed by atoms with E-state index in [1.54, 1.807) is 0 Å². The Balaban J connectivity index is 0.00000361. The fourth-order valence-electron chi connectivity index (χ4n) is 1.63. The fourth-order valence-corrected chi connectivity index (χ4v) is 1.81. The monoisotopic (exact) mass is 318 g/mol. The van der Waals surface area contributed by atoms with Gasteiger partial charge in [-0.3, -0.25) is 4.79 Å². The predicted molar refractivity (Wildman–Crippen MR) is 89.2 cm³/mol. The number of halogens is 1. The zero-order valence-corrected chi connectivity index (χ0v) is 13.4. The first-order chi connectivity index (χ1) is 9.11. The molecule has 6 heteroatoms. The van der Waals surface area contributed by atoms with E-state index in [0.29, 0.717) is 6.61 Å². The molecule has 1 aromatic rings. The molecule has 1 amide bonds. The van der Waals surface area contributed by atoms with Crippen LogP contribution in [0.25, 0.3) is 0 Å². The minimum Gasteiger partial charge on any atom is -0.494 e. The van der Waals surface area contributed by atoms with Gasteiger partial charge in [-0.2, -0.15) is 12.6 Å². The number of carbonyl (C=O) groups excluding carboxylic acids is 1. The number of hydrogen-bond acceptors (Lipinski definition) is 4. The minimum atomic E-state index is -0.0748. The molecule has 0 heterocycles. The summed E-state index contributed by atoms with van der Waals surface area (Å²) in [5.41, 5.74) is 6.55. The van der Waals surface area contributed by atoms with Crippen LogP contribution >= 0.6 is 25.0 Å². The number of benzene rings is 1. The normalized spacial score (nSPS) is 11.3. The summed E-state index contributed by atoms with van der Waals surface area (Å²) in [4.78, 5) is 10.9. The molecule has 0 fully saturated rings. The summed E-state index contributed by atoms with van der Waals surface area (Å²) in [5, 5.41) is 2.71. The Kier molecular flexibility index (Phi) is 10.3. The van der Waals surface area contributed by atoms with Gasteiger partial charge in [0.05, 0.1) is 6.61 Å². The third kappa shape index (κ3) is 8.30. The Hall–Kier alpha value is -0.910. The van der Waals surface area contributed by atoms with E-state index in [0.717, 1.165) is 36.5 Å². The number of ether oxygens (including phenoxy) is 1. The van der Waals surface area contributed by atoms with Gasteiger partial charge in [-0.25, -0.2) is 0 Å². The first-order valence-electron chi connectivity index (χ1n) is 6.48. The molecule has 0 radical (unpaired) electrons. The van der Waals surface area contributed by atoms with Crippen molar-refractivity contribution >= 4 is 36.6 Å². The maximum Gasteiger partial charge on any atom is 0.221 e. The predicted octanol–water partition coefficient (Wildman–Crippen LogP) is 2.87. The standard InChI is InChI=1S/C14H22N2O2S.ClH/c1-11(17)16-13-5-7-14(8-6-13)18-9-3-2-4-12(15)10-19;/h5-8,12,19H,2-4,9-10,15H2,1H3,(H,16,17);1H. The molecule has 0 spiro atoms. The van der Waals surface area contributed by atoms with Gasteiger partial charge in [0, 0.05) is 24.4 Å². The van der Waals surface area contributed by atoms with Gasteiger partial charge < -0.3 is 15.8 Å². The quantitative estimate of drug-likeness (QED) is 0.510. The lowest BCUT2D eigenvalue weighted by atomic mass is 10.1. The molecular weight excluding hydrogens is 296 g/mol. The van der Waals surface area contributed by atoms with Crippen molar-refractivity contribution < 1.29 is 9.53 Å². The zero-order valence-electron chi connectivity index (χ0n) is 11.7. The Morgan fingerprint density at radius 2 is 2.00 bits per heavy atom. The number of amides is 1. The van der Waals surface area contributed by atoms with Crippen LogP contribution in [0.15, 0.2) is 24.3 Å². The molecule has 3 N–H and O–H groups in total. The lowest BCUT2D eigenvalue weighted by Crippen LogP contribution is -2.21. The third-order valence-electron chi connectivity index (χ3n) is 2.65. The smallest absolute Gasteiger partial charge is 0.221 e. The van der Waals surface area contributed by atoms with Crippen molar-refractivity contribution in [2.45, 2.75) is 32.2 Å². The van der Waals surface area contributed by atoms with Gasteiger partial charge in [0.25, 0.3) is 0 Å². The first kappa shape index (κ1) is 19.1. The van der Waals surface area contributed by atoms with E-state index in [1.807, 2.05) is 24.3 Å². The Morgan fingerprint density at radius 1 is 1.35 bits per heavy atom. The van der Waals surface area contributed by atoms with Crippen LogP contribution in [0.3, 0.4) is 0 Å². The SMILES string of the molecule is CC(=O)Nc1ccc(OCCCCC(N)CS)cc1.Cl. The molecule has 0 bridgehead atoms. The van der Waals surface area contributed by atoms with E-state index in [4.69, 9.17) is 10.5 Å². The van der Waals surface area contributed by atoms with Crippen LogP contribution in [0.5, 0.6) is 5.75 Å². The number of nitrogens with one attached hydrogen (secondary N) is 1. The Morgan fingerprint density at radius 3 is 2.55 bits per heavy atom. The second-order valence-corrected chi connectivity index (χ2v) is 4.86. The van der Waals surface area contributed by atoms with Crippen LogP contribution in [0.4, 0.5) is 5.69 Å². The molecule has 0 aliphatic rings. The van der Waals surface area contributed by atoms with Crippen LogP contribution in [0.2, 0.25) is 0 Å². The highest BCUT2D eigenvalue weighted by Gasteiger charge is 2.00. The highest BCUT2D eigenvalue weighted by Crippen LogP contribution is 2.16. The zero-order chi connectivity index (χ0) is 14.1. The summed E-state index contributed by atoms with van der Waals surface area (Å²) in [7, 11) is 0. The van der Waals surface area contributed by atoms with Crippen LogP contribution in [0, 0.1) is 0 Å². The highest BCUT2D eigenvalue weighted by molar-refractivity contribution is 7.80. The number of anilines is 1. The maximum atomic E-state index is 10.9. The van der Waals surface area contributed by atoms with Crippen molar-refractivity contribution in [2.75, 3.05) is 17.7 Å². The number of nitrogens with two attached hydrogens (primary N) is 1. The van der Waals surface area contributed by atoms with E-state index in [9.17, 15) is 4.79 Å². The molecule has 0 aromatic heterocycles. The van der Waals surface area contributed by atoms with Gasteiger partial charge >= 0.3 is 0 Å². The second kappa shape index (κ2) is 10.8. The van der Waals surface area contributed by atoms with E-state index in [2.05, 4.69) is 17.9 Å². The van der Waals surface area contributed by atoms with E-state index >= 15 is 0 Å². The van der Waals surface area contributed by atoms with Crippen LogP contribution in [-0.4, -0.2) is 24.3 Å². The largest absolute Gasteiger partial charge is 0.494 e. The topological polar surface area (TPSA) is 64.3 Å². The summed E-state index contributed by atoms with van der Waals surface area (Å²) >= 11 is 4.14. The van der Waals surface area contributed by atoms with Gasteiger partial charge in [-0.05, 0) is 43.5 Å². The molecule has 20 heavy (non-hydrogen) atoms. The molecule has 1 unspecified atom stereocenters. The molecule has 0 aliphatic heterocycles. The summed E-state index contributed by atoms with van der Waals surface area (Å²) in [6.07, 6.45) is 3.01. The van der Waals surface area contributed by atoms with Crippen molar-refractivity contribution in [3.05, 3.63) is 24.3 Å². The van der Waals surface area contributed by atoms with Crippen LogP contribution in [0.1, 0.15) is 26.2 Å². The minimum absolute atomic E-state index is 0. The molecule has 0 aliphatic carbocycles. The lowest BCUT2D eigenvalue weighted by molar-refractivity contribution is -0.114. The van der Waals surface area contributed by atoms with Gasteiger partial charge in [-0.15, -0.1) is 12.4 Å². The molecule has 1 atom stereocenters. The van der Waals surface area contributed by atoms with Crippen molar-refractivity contribution in [1.82, 2.24) is 0 Å². The summed E-state index contributed by atoms with van der Waals surface area (Å²) in [6, 6.07) is 7.54. The highest BCUT2D eigenvalue weighted by atomic mass is 35.5. The Bertz CT molecular complexity index is 387. The number of carbonyl (C=O) groups is 1. The molecule has 1 aromatic carbocycles. The van der Waals surface area contributed by atoms with Gasteiger partial charge in [0.1, 0.15) is 5.75 Å². The molecule has 0 saturated heterocycles. The Labute approximate surface area is 132 Å². The van der Waals surface area contributed by atoms with Crippen LogP contribution in [-0.2, 0) is 4.79 Å². The maximum absolute atomic E-state index is 10.9. The van der Waals surface area contributed by atoms with Crippen molar-refractivity contribution in [3.8, 4) is 5.75 Å². The lowest BCUT2D eigenvalue weighted by Gasteiger charge is -2.09. The van der Waals surface area contributed by atoms with Crippen molar-refractivity contribution in [2.24, 2.45) is 5.73 Å². The van der Waals surface area contributed by atoms with Crippen molar-refractivity contribution in [1.29, 1.82) is 0 Å². The second-order valence-electron chi connectivity index (χ2n) is 4.49. The van der Waals surface area contributed by atoms with E-state index in [-0.39, 0.29) is 24.4 Å². The van der Waals surface area contributed by atoms with Crippen molar-refractivity contribution in [3.63, 3.8) is 0 Å². The van der Waals surface area contributed by atoms with Crippen LogP contribution < -0.4 is 15.8 Å². The van der Waals surface area contributed by atoms with Gasteiger partial charge in [0.2, 0.25) is 5.91 Å². The van der Waals surface area contributed by atoms with E-state index in [1.165, 1.54) is 6.92 Å². The number of rotatable bonds is 8. The number of hydrogen-bond donors (Lipinski definition) is 3. The molecular formula is C14H23ClN2O2S. The first-order valence-corrected chi connectivity index (χ1v) is 7.12. The molecule has 114 valence electrons. The third-order valence-corrected chi connectivity index (χ3v) is 3.12. The molecule has 0 saturated carbocycles. The molecule has 1 rings (SSSR count). The number of unbranched alkanes of at least 4 members (excludes halogenated alkanes) is 1. The van der Waals surface area contributed by atoms with E-state index < -0.39 is 0 Å². The average molecular weight is 319 g/mol.